The molecule has 0 amide bonds. The number of benzene rings is 1. The molecule has 2 rings (SSSR count). The summed E-state index contributed by atoms with van der Waals surface area (Å²) >= 11 is 2.32. The van der Waals surface area contributed by atoms with Gasteiger partial charge >= 0.3 is 5.97 Å². The van der Waals surface area contributed by atoms with E-state index in [4.69, 9.17) is 5.11 Å². The first kappa shape index (κ1) is 15.7. The van der Waals surface area contributed by atoms with Crippen molar-refractivity contribution in [3.63, 3.8) is 0 Å². The van der Waals surface area contributed by atoms with Crippen molar-refractivity contribution in [1.29, 1.82) is 0 Å². The third kappa shape index (κ3) is 4.43. The highest BCUT2D eigenvalue weighted by Crippen LogP contribution is 2.22. The van der Waals surface area contributed by atoms with Crippen LogP contribution in [0, 0.1) is 3.57 Å². The van der Waals surface area contributed by atoms with E-state index in [1.807, 2.05) is 4.90 Å². The lowest BCUT2D eigenvalue weighted by atomic mass is 10.1. The van der Waals surface area contributed by atoms with E-state index >= 15 is 0 Å². The molecule has 5 heteroatoms. The number of carbonyl (C=O) groups is 1. The predicted octanol–water partition coefficient (Wildman–Crippen LogP) is 2.44. The first-order valence-electron chi connectivity index (χ1n) is 7.00. The molecule has 0 saturated carbocycles. The van der Waals surface area contributed by atoms with Gasteiger partial charge in [-0.05, 0) is 53.6 Å². The Morgan fingerprint density at radius 2 is 1.95 bits per heavy atom. The number of carboxylic acid groups (broad SMARTS) is 1. The van der Waals surface area contributed by atoms with Crippen molar-refractivity contribution >= 4 is 28.6 Å². The number of halogens is 1. The summed E-state index contributed by atoms with van der Waals surface area (Å²) in [4.78, 5) is 15.3. The lowest BCUT2D eigenvalue weighted by molar-refractivity contribution is -0.138. The SMILES string of the molecule is CC(c1ccc(I)cc1)N1CCCN(CC(=O)O)CC1. The highest BCUT2D eigenvalue weighted by molar-refractivity contribution is 14.1. The van der Waals surface area contributed by atoms with E-state index in [9.17, 15) is 4.79 Å². The fourth-order valence-corrected chi connectivity index (χ4v) is 3.04. The van der Waals surface area contributed by atoms with E-state index in [1.54, 1.807) is 0 Å². The second kappa shape index (κ2) is 7.38. The molecule has 0 aliphatic carbocycles. The smallest absolute Gasteiger partial charge is 0.317 e. The Labute approximate surface area is 133 Å². The topological polar surface area (TPSA) is 43.8 Å². The molecule has 20 heavy (non-hydrogen) atoms. The Hall–Kier alpha value is -0.660. The van der Waals surface area contributed by atoms with Crippen LogP contribution in [0.1, 0.15) is 24.9 Å². The molecule has 4 nitrogen and oxygen atoms in total. The third-order valence-corrected chi connectivity index (χ3v) is 4.60. The first-order valence-corrected chi connectivity index (χ1v) is 8.08. The molecular weight excluding hydrogens is 367 g/mol. The number of rotatable bonds is 4. The Morgan fingerprint density at radius 1 is 1.25 bits per heavy atom. The van der Waals surface area contributed by atoms with Crippen LogP contribution in [0.4, 0.5) is 0 Å². The van der Waals surface area contributed by atoms with Crippen LogP contribution in [-0.2, 0) is 4.79 Å². The summed E-state index contributed by atoms with van der Waals surface area (Å²) < 4.78 is 1.25. The van der Waals surface area contributed by atoms with Crippen LogP contribution in [0.2, 0.25) is 0 Å². The molecule has 0 aromatic heterocycles. The Kier molecular flexibility index (Phi) is 5.80. The zero-order chi connectivity index (χ0) is 14.5. The van der Waals surface area contributed by atoms with Crippen molar-refractivity contribution in [2.75, 3.05) is 32.7 Å². The van der Waals surface area contributed by atoms with Gasteiger partial charge in [0, 0.05) is 35.8 Å². The molecule has 1 unspecified atom stereocenters. The largest absolute Gasteiger partial charge is 0.480 e. The lowest BCUT2D eigenvalue weighted by Gasteiger charge is -2.28. The van der Waals surface area contributed by atoms with E-state index in [1.165, 1.54) is 9.13 Å². The van der Waals surface area contributed by atoms with Crippen molar-refractivity contribution in [2.45, 2.75) is 19.4 Å². The van der Waals surface area contributed by atoms with Crippen LogP contribution < -0.4 is 0 Å². The number of carboxylic acids is 1. The van der Waals surface area contributed by atoms with E-state index < -0.39 is 5.97 Å². The molecule has 1 atom stereocenters. The highest BCUT2D eigenvalue weighted by atomic mass is 127. The van der Waals surface area contributed by atoms with Gasteiger partial charge in [-0.25, -0.2) is 0 Å². The summed E-state index contributed by atoms with van der Waals surface area (Å²) in [6.45, 7) is 6.06. The number of hydrogen-bond acceptors (Lipinski definition) is 3. The standard InChI is InChI=1S/C15H21IN2O2/c1-12(13-3-5-14(16)6-4-13)18-8-2-7-17(9-10-18)11-15(19)20/h3-6,12H,2,7-11H2,1H3,(H,19,20). The molecule has 0 radical (unpaired) electrons. The van der Waals surface area contributed by atoms with Gasteiger partial charge in [0.1, 0.15) is 0 Å². The minimum Gasteiger partial charge on any atom is -0.480 e. The van der Waals surface area contributed by atoms with E-state index in [2.05, 4.69) is 58.7 Å². The summed E-state index contributed by atoms with van der Waals surface area (Å²) in [5, 5.41) is 8.88. The number of nitrogens with zero attached hydrogens (tertiary/aromatic N) is 2. The molecule has 1 N–H and O–H groups in total. The zero-order valence-electron chi connectivity index (χ0n) is 11.8. The second-order valence-electron chi connectivity index (χ2n) is 5.29. The Morgan fingerprint density at radius 3 is 2.60 bits per heavy atom. The van der Waals surface area contributed by atoms with Gasteiger partial charge in [-0.1, -0.05) is 12.1 Å². The van der Waals surface area contributed by atoms with Gasteiger partial charge in [-0.15, -0.1) is 0 Å². The van der Waals surface area contributed by atoms with Crippen molar-refractivity contribution in [3.05, 3.63) is 33.4 Å². The molecule has 1 saturated heterocycles. The van der Waals surface area contributed by atoms with Crippen molar-refractivity contribution in [1.82, 2.24) is 9.80 Å². The maximum Gasteiger partial charge on any atom is 0.317 e. The summed E-state index contributed by atoms with van der Waals surface area (Å²) in [6.07, 6.45) is 1.03. The monoisotopic (exact) mass is 388 g/mol. The van der Waals surface area contributed by atoms with Crippen molar-refractivity contribution in [3.8, 4) is 0 Å². The summed E-state index contributed by atoms with van der Waals surface area (Å²) in [7, 11) is 0. The molecule has 0 bridgehead atoms. The predicted molar refractivity (Wildman–Crippen MR) is 87.8 cm³/mol. The van der Waals surface area contributed by atoms with Gasteiger partial charge in [-0.3, -0.25) is 14.6 Å². The van der Waals surface area contributed by atoms with Gasteiger partial charge in [0.15, 0.2) is 0 Å². The fourth-order valence-electron chi connectivity index (χ4n) is 2.68. The maximum atomic E-state index is 10.8. The van der Waals surface area contributed by atoms with Crippen LogP contribution in [0.15, 0.2) is 24.3 Å². The van der Waals surface area contributed by atoms with Gasteiger partial charge in [0.05, 0.1) is 6.54 Å². The summed E-state index contributed by atoms with van der Waals surface area (Å²) in [5.74, 6) is -0.732. The first-order chi connectivity index (χ1) is 9.56. The average Bonchev–Trinajstić information content (AvgIpc) is 2.64. The van der Waals surface area contributed by atoms with Crippen molar-refractivity contribution < 1.29 is 9.90 Å². The molecule has 0 spiro atoms. The third-order valence-electron chi connectivity index (χ3n) is 3.88. The molecule has 1 aromatic carbocycles. The molecule has 1 aliphatic rings. The quantitative estimate of drug-likeness (QED) is 0.805. The normalized spacial score (nSPS) is 19.5. The zero-order valence-corrected chi connectivity index (χ0v) is 13.9. The lowest BCUT2D eigenvalue weighted by Crippen LogP contribution is -2.35. The van der Waals surface area contributed by atoms with E-state index in [0.717, 1.165) is 32.6 Å². The highest BCUT2D eigenvalue weighted by Gasteiger charge is 2.21. The minimum atomic E-state index is -0.732. The molecule has 1 aromatic rings. The van der Waals surface area contributed by atoms with Crippen molar-refractivity contribution in [2.24, 2.45) is 0 Å². The van der Waals surface area contributed by atoms with Crippen LogP contribution in [0.25, 0.3) is 0 Å². The van der Waals surface area contributed by atoms with E-state index in [-0.39, 0.29) is 6.54 Å². The molecule has 1 heterocycles. The maximum absolute atomic E-state index is 10.8. The van der Waals surface area contributed by atoms with Crippen LogP contribution in [-0.4, -0.2) is 53.6 Å². The van der Waals surface area contributed by atoms with Crippen LogP contribution >= 0.6 is 22.6 Å². The van der Waals surface area contributed by atoms with Gasteiger partial charge in [0.25, 0.3) is 0 Å². The summed E-state index contributed by atoms with van der Waals surface area (Å²) in [6, 6.07) is 9.04. The Bertz CT molecular complexity index is 450. The van der Waals surface area contributed by atoms with Crippen LogP contribution in [0.5, 0.6) is 0 Å². The fraction of sp³-hybridized carbons (Fsp3) is 0.533. The van der Waals surface area contributed by atoms with Gasteiger partial charge < -0.3 is 5.11 Å². The van der Waals surface area contributed by atoms with Crippen LogP contribution in [0.3, 0.4) is 0 Å². The molecule has 1 fully saturated rings. The number of hydrogen-bond donors (Lipinski definition) is 1. The second-order valence-corrected chi connectivity index (χ2v) is 6.53. The molecule has 1 aliphatic heterocycles. The average molecular weight is 388 g/mol. The molecule has 110 valence electrons. The summed E-state index contributed by atoms with van der Waals surface area (Å²) in [5.41, 5.74) is 1.33. The molecular formula is C15H21IN2O2. The minimum absolute atomic E-state index is 0.158. The number of aliphatic carboxylic acids is 1. The Balaban J connectivity index is 1.95. The van der Waals surface area contributed by atoms with Gasteiger partial charge in [-0.2, -0.15) is 0 Å². The van der Waals surface area contributed by atoms with Gasteiger partial charge in [0.2, 0.25) is 0 Å². The van der Waals surface area contributed by atoms with E-state index in [0.29, 0.717) is 6.04 Å².